The van der Waals surface area contributed by atoms with Crippen LogP contribution in [0.2, 0.25) is 0 Å². The highest BCUT2D eigenvalue weighted by Gasteiger charge is 1.99. The molecule has 0 saturated carbocycles. The summed E-state index contributed by atoms with van der Waals surface area (Å²) in [6, 6.07) is 7.64. The Morgan fingerprint density at radius 3 is 2.00 bits per heavy atom. The van der Waals surface area contributed by atoms with E-state index in [-0.39, 0.29) is 5.91 Å². The summed E-state index contributed by atoms with van der Waals surface area (Å²) in [4.78, 5) is 11.8. The van der Waals surface area contributed by atoms with Crippen LogP contribution in [0, 0.1) is 0 Å². The predicted molar refractivity (Wildman–Crippen MR) is 114 cm³/mol. The second kappa shape index (κ2) is 16.3. The molecule has 0 bridgehead atoms. The van der Waals surface area contributed by atoms with Crippen LogP contribution >= 0.6 is 0 Å². The number of hydrazone groups is 1. The van der Waals surface area contributed by atoms with Crippen molar-refractivity contribution in [1.82, 2.24) is 5.43 Å². The maximum absolute atomic E-state index is 11.8. The Morgan fingerprint density at radius 1 is 0.889 bits per heavy atom. The molecule has 1 N–H and O–H groups in total. The zero-order valence-electron chi connectivity index (χ0n) is 17.3. The third kappa shape index (κ3) is 13.0. The zero-order chi connectivity index (χ0) is 19.6. The van der Waals surface area contributed by atoms with Crippen LogP contribution < -0.4 is 10.2 Å². The number of ether oxygens (including phenoxy) is 1. The molecule has 0 fully saturated rings. The van der Waals surface area contributed by atoms with Crippen LogP contribution in [-0.2, 0) is 4.79 Å². The SMILES string of the molecule is CCCCCCCCCCCCCC(=O)NN=Cc1ccc(OCC)cc1. The van der Waals surface area contributed by atoms with Crippen LogP contribution in [0.5, 0.6) is 5.75 Å². The molecule has 0 unspecified atom stereocenters. The topological polar surface area (TPSA) is 50.7 Å². The van der Waals surface area contributed by atoms with Gasteiger partial charge in [0.1, 0.15) is 5.75 Å². The summed E-state index contributed by atoms with van der Waals surface area (Å²) < 4.78 is 5.39. The molecule has 0 radical (unpaired) electrons. The number of carbonyl (C=O) groups excluding carboxylic acids is 1. The van der Waals surface area contributed by atoms with E-state index in [0.29, 0.717) is 13.0 Å². The molecule has 0 aliphatic carbocycles. The average Bonchev–Trinajstić information content (AvgIpc) is 2.68. The van der Waals surface area contributed by atoms with Gasteiger partial charge in [0.25, 0.3) is 0 Å². The average molecular weight is 375 g/mol. The summed E-state index contributed by atoms with van der Waals surface area (Å²) in [6.07, 6.45) is 16.4. The van der Waals surface area contributed by atoms with Gasteiger partial charge in [0.15, 0.2) is 0 Å². The summed E-state index contributed by atoms with van der Waals surface area (Å²) in [6.45, 7) is 4.87. The predicted octanol–water partition coefficient (Wildman–Crippen LogP) is 6.24. The van der Waals surface area contributed by atoms with Gasteiger partial charge in [0.2, 0.25) is 5.91 Å². The highest BCUT2D eigenvalue weighted by Crippen LogP contribution is 2.12. The van der Waals surface area contributed by atoms with Gasteiger partial charge < -0.3 is 4.74 Å². The van der Waals surface area contributed by atoms with E-state index in [1.807, 2.05) is 31.2 Å². The van der Waals surface area contributed by atoms with Crippen LogP contribution in [0.1, 0.15) is 96.5 Å². The number of carbonyl (C=O) groups is 1. The van der Waals surface area contributed by atoms with Crippen molar-refractivity contribution in [2.75, 3.05) is 6.61 Å². The number of nitrogens with one attached hydrogen (secondary N) is 1. The fourth-order valence-corrected chi connectivity index (χ4v) is 3.00. The highest BCUT2D eigenvalue weighted by atomic mass is 16.5. The lowest BCUT2D eigenvalue weighted by Crippen LogP contribution is -2.16. The largest absolute Gasteiger partial charge is 0.494 e. The van der Waals surface area contributed by atoms with Crippen molar-refractivity contribution in [1.29, 1.82) is 0 Å². The van der Waals surface area contributed by atoms with Gasteiger partial charge in [-0.25, -0.2) is 5.43 Å². The first-order valence-electron chi connectivity index (χ1n) is 10.8. The van der Waals surface area contributed by atoms with E-state index in [1.165, 1.54) is 57.8 Å². The Hall–Kier alpha value is -1.84. The van der Waals surface area contributed by atoms with Gasteiger partial charge in [-0.2, -0.15) is 5.10 Å². The van der Waals surface area contributed by atoms with E-state index in [2.05, 4.69) is 17.5 Å². The Labute approximate surface area is 165 Å². The van der Waals surface area contributed by atoms with Crippen LogP contribution in [0.25, 0.3) is 0 Å². The van der Waals surface area contributed by atoms with E-state index < -0.39 is 0 Å². The van der Waals surface area contributed by atoms with Crippen molar-refractivity contribution in [3.8, 4) is 5.75 Å². The number of unbranched alkanes of at least 4 members (excludes halogenated alkanes) is 10. The maximum Gasteiger partial charge on any atom is 0.240 e. The quantitative estimate of drug-likeness (QED) is 0.212. The van der Waals surface area contributed by atoms with Gasteiger partial charge in [-0.1, -0.05) is 71.1 Å². The number of benzene rings is 1. The summed E-state index contributed by atoms with van der Waals surface area (Å²) in [7, 11) is 0. The Bertz CT molecular complexity index is 512. The van der Waals surface area contributed by atoms with Crippen LogP contribution in [0.4, 0.5) is 0 Å². The normalized spacial score (nSPS) is 11.0. The molecule has 0 aliphatic heterocycles. The molecule has 4 heteroatoms. The van der Waals surface area contributed by atoms with Crippen molar-refractivity contribution in [2.45, 2.75) is 90.9 Å². The minimum atomic E-state index is -0.00638. The molecule has 0 spiro atoms. The molecule has 1 amide bonds. The van der Waals surface area contributed by atoms with Crippen molar-refractivity contribution < 1.29 is 9.53 Å². The lowest BCUT2D eigenvalue weighted by Gasteiger charge is -2.03. The Kier molecular flexibility index (Phi) is 14.0. The minimum Gasteiger partial charge on any atom is -0.494 e. The van der Waals surface area contributed by atoms with Gasteiger partial charge in [-0.05, 0) is 43.2 Å². The molecular formula is C23H38N2O2. The number of nitrogens with zero attached hydrogens (tertiary/aromatic N) is 1. The van der Waals surface area contributed by atoms with Gasteiger partial charge >= 0.3 is 0 Å². The second-order valence-corrected chi connectivity index (χ2v) is 7.08. The summed E-state index contributed by atoms with van der Waals surface area (Å²) in [5.41, 5.74) is 3.54. The molecule has 0 heterocycles. The Balaban J connectivity index is 1.98. The highest BCUT2D eigenvalue weighted by molar-refractivity contribution is 5.82. The molecular weight excluding hydrogens is 336 g/mol. The van der Waals surface area contributed by atoms with Gasteiger partial charge in [0, 0.05) is 6.42 Å². The van der Waals surface area contributed by atoms with E-state index in [0.717, 1.165) is 24.2 Å². The van der Waals surface area contributed by atoms with Crippen molar-refractivity contribution in [2.24, 2.45) is 5.10 Å². The monoisotopic (exact) mass is 374 g/mol. The number of hydrogen-bond acceptors (Lipinski definition) is 3. The fraction of sp³-hybridized carbons (Fsp3) is 0.652. The molecule has 0 atom stereocenters. The fourth-order valence-electron chi connectivity index (χ4n) is 3.00. The first-order valence-corrected chi connectivity index (χ1v) is 10.8. The second-order valence-electron chi connectivity index (χ2n) is 7.08. The van der Waals surface area contributed by atoms with E-state index in [1.54, 1.807) is 6.21 Å². The lowest BCUT2D eigenvalue weighted by atomic mass is 10.1. The number of hydrogen-bond donors (Lipinski definition) is 1. The first-order chi connectivity index (χ1) is 13.3. The summed E-state index contributed by atoms with van der Waals surface area (Å²) in [5.74, 6) is 0.836. The van der Waals surface area contributed by atoms with E-state index in [9.17, 15) is 4.79 Å². The van der Waals surface area contributed by atoms with E-state index >= 15 is 0 Å². The molecule has 0 saturated heterocycles. The van der Waals surface area contributed by atoms with Gasteiger partial charge in [0.05, 0.1) is 12.8 Å². The third-order valence-corrected chi connectivity index (χ3v) is 4.60. The van der Waals surface area contributed by atoms with Crippen molar-refractivity contribution in [3.63, 3.8) is 0 Å². The molecule has 4 nitrogen and oxygen atoms in total. The minimum absolute atomic E-state index is 0.00638. The number of amides is 1. The molecule has 152 valence electrons. The summed E-state index contributed by atoms with van der Waals surface area (Å²) >= 11 is 0. The molecule has 0 aromatic heterocycles. The summed E-state index contributed by atoms with van der Waals surface area (Å²) in [5, 5.41) is 4.02. The van der Waals surface area contributed by atoms with Crippen LogP contribution in [0.3, 0.4) is 0 Å². The first kappa shape index (κ1) is 23.2. The van der Waals surface area contributed by atoms with Crippen molar-refractivity contribution >= 4 is 12.1 Å². The van der Waals surface area contributed by atoms with Gasteiger partial charge in [-0.3, -0.25) is 4.79 Å². The molecule has 1 aromatic rings. The maximum atomic E-state index is 11.8. The van der Waals surface area contributed by atoms with Crippen molar-refractivity contribution in [3.05, 3.63) is 29.8 Å². The number of rotatable bonds is 16. The molecule has 1 rings (SSSR count). The lowest BCUT2D eigenvalue weighted by molar-refractivity contribution is -0.121. The van der Waals surface area contributed by atoms with Crippen LogP contribution in [0.15, 0.2) is 29.4 Å². The Morgan fingerprint density at radius 2 is 1.44 bits per heavy atom. The smallest absolute Gasteiger partial charge is 0.240 e. The third-order valence-electron chi connectivity index (χ3n) is 4.60. The van der Waals surface area contributed by atoms with E-state index in [4.69, 9.17) is 4.74 Å². The van der Waals surface area contributed by atoms with Gasteiger partial charge in [-0.15, -0.1) is 0 Å². The van der Waals surface area contributed by atoms with Crippen LogP contribution in [-0.4, -0.2) is 18.7 Å². The molecule has 27 heavy (non-hydrogen) atoms. The zero-order valence-corrected chi connectivity index (χ0v) is 17.3. The molecule has 1 aromatic carbocycles. The standard InChI is InChI=1S/C23H38N2O2/c1-3-5-6-7-8-9-10-11-12-13-14-15-23(26)25-24-20-21-16-18-22(19-17-21)27-4-2/h16-20H,3-15H2,1-2H3,(H,25,26). The molecule has 0 aliphatic rings.